The Morgan fingerprint density at radius 3 is 2.69 bits per heavy atom. The van der Waals surface area contributed by atoms with Gasteiger partial charge in [0.05, 0.1) is 12.7 Å². The first-order valence-corrected chi connectivity index (χ1v) is 4.54. The first-order valence-electron chi connectivity index (χ1n) is 4.09. The van der Waals surface area contributed by atoms with E-state index in [1.807, 2.05) is 12.1 Å². The molecule has 2 nitrogen and oxygen atoms in total. The number of thiol groups is 1. The van der Waals surface area contributed by atoms with Crippen molar-refractivity contribution in [2.45, 2.75) is 18.2 Å². The highest BCUT2D eigenvalue weighted by molar-refractivity contribution is 7.80. The predicted octanol–water partition coefficient (Wildman–Crippen LogP) is 2.32. The lowest BCUT2D eigenvalue weighted by atomic mass is 10.1. The summed E-state index contributed by atoms with van der Waals surface area (Å²) in [5, 5.41) is 0. The van der Waals surface area contributed by atoms with E-state index in [-0.39, 0.29) is 5.97 Å². The summed E-state index contributed by atoms with van der Waals surface area (Å²) in [4.78, 5) is 11.8. The molecule has 0 aliphatic rings. The molecule has 0 radical (unpaired) electrons. The molecule has 0 heterocycles. The summed E-state index contributed by atoms with van der Waals surface area (Å²) in [6, 6.07) is 5.54. The van der Waals surface area contributed by atoms with E-state index in [4.69, 9.17) is 0 Å². The Kier molecular flexibility index (Phi) is 3.37. The number of aryl methyl sites for hydroxylation is 1. The molecule has 0 aromatic heterocycles. The third kappa shape index (κ3) is 2.25. The van der Waals surface area contributed by atoms with Crippen LogP contribution in [-0.4, -0.2) is 13.1 Å². The van der Waals surface area contributed by atoms with Crippen molar-refractivity contribution in [3.63, 3.8) is 0 Å². The molecule has 0 saturated carbocycles. The van der Waals surface area contributed by atoms with E-state index in [2.05, 4.69) is 24.3 Å². The van der Waals surface area contributed by atoms with Gasteiger partial charge >= 0.3 is 5.97 Å². The number of methoxy groups -OCH3 is 1. The molecule has 1 rings (SSSR count). The summed E-state index contributed by atoms with van der Waals surface area (Å²) in [6.45, 7) is 2.06. The van der Waals surface area contributed by atoms with Crippen molar-refractivity contribution >= 4 is 18.6 Å². The highest BCUT2D eigenvalue weighted by Gasteiger charge is 2.08. The average Bonchev–Trinajstić information content (AvgIpc) is 2.16. The first-order chi connectivity index (χ1) is 6.19. The van der Waals surface area contributed by atoms with Crippen molar-refractivity contribution < 1.29 is 9.53 Å². The molecular weight excluding hydrogens is 184 g/mol. The SMILES string of the molecule is CCc1ccc(C(=O)OC)c(S)c1. The number of rotatable bonds is 2. The summed E-state index contributed by atoms with van der Waals surface area (Å²) in [6.07, 6.45) is 0.939. The number of hydrogen-bond donors (Lipinski definition) is 1. The van der Waals surface area contributed by atoms with E-state index in [1.54, 1.807) is 6.07 Å². The van der Waals surface area contributed by atoms with E-state index in [0.717, 1.165) is 12.0 Å². The standard InChI is InChI=1S/C10H12O2S/c1-3-7-4-5-8(9(13)6-7)10(11)12-2/h4-6,13H,3H2,1-2H3. The van der Waals surface area contributed by atoms with Gasteiger partial charge in [0.1, 0.15) is 0 Å². The molecule has 0 aliphatic heterocycles. The molecule has 70 valence electrons. The number of benzene rings is 1. The minimum atomic E-state index is -0.340. The highest BCUT2D eigenvalue weighted by atomic mass is 32.1. The van der Waals surface area contributed by atoms with Crippen LogP contribution in [0.2, 0.25) is 0 Å². The summed E-state index contributed by atoms with van der Waals surface area (Å²) >= 11 is 4.21. The summed E-state index contributed by atoms with van der Waals surface area (Å²) in [5.41, 5.74) is 1.68. The van der Waals surface area contributed by atoms with Crippen molar-refractivity contribution in [2.75, 3.05) is 7.11 Å². The van der Waals surface area contributed by atoms with Gasteiger partial charge < -0.3 is 4.74 Å². The Balaban J connectivity index is 3.05. The number of carbonyl (C=O) groups excluding carboxylic acids is 1. The summed E-state index contributed by atoms with van der Waals surface area (Å²) < 4.78 is 4.60. The molecule has 0 aliphatic carbocycles. The van der Waals surface area contributed by atoms with Gasteiger partial charge in [0.25, 0.3) is 0 Å². The second-order valence-electron chi connectivity index (χ2n) is 2.70. The molecule has 0 spiro atoms. The second kappa shape index (κ2) is 4.33. The molecule has 0 bridgehead atoms. The molecule has 0 amide bonds. The maximum absolute atomic E-state index is 11.2. The van der Waals surface area contributed by atoms with Gasteiger partial charge in [-0.1, -0.05) is 13.0 Å². The van der Waals surface area contributed by atoms with Crippen LogP contribution in [-0.2, 0) is 11.2 Å². The van der Waals surface area contributed by atoms with Crippen LogP contribution in [0.25, 0.3) is 0 Å². The van der Waals surface area contributed by atoms with E-state index >= 15 is 0 Å². The summed E-state index contributed by atoms with van der Waals surface area (Å²) in [7, 11) is 1.36. The van der Waals surface area contributed by atoms with Gasteiger partial charge in [-0.15, -0.1) is 12.6 Å². The third-order valence-electron chi connectivity index (χ3n) is 1.88. The molecule has 13 heavy (non-hydrogen) atoms. The third-order valence-corrected chi connectivity index (χ3v) is 2.25. The van der Waals surface area contributed by atoms with Crippen LogP contribution >= 0.6 is 12.6 Å². The van der Waals surface area contributed by atoms with Crippen LogP contribution in [0.4, 0.5) is 0 Å². The van der Waals surface area contributed by atoms with Crippen LogP contribution in [0, 0.1) is 0 Å². The van der Waals surface area contributed by atoms with Gasteiger partial charge in [0.2, 0.25) is 0 Å². The molecule has 3 heteroatoms. The lowest BCUT2D eigenvalue weighted by Crippen LogP contribution is -2.02. The molecule has 1 aromatic rings. The zero-order valence-electron chi connectivity index (χ0n) is 7.70. The second-order valence-corrected chi connectivity index (χ2v) is 3.18. The van der Waals surface area contributed by atoms with Crippen molar-refractivity contribution in [2.24, 2.45) is 0 Å². The zero-order chi connectivity index (χ0) is 9.84. The lowest BCUT2D eigenvalue weighted by molar-refractivity contribution is 0.0597. The molecule has 0 atom stereocenters. The van der Waals surface area contributed by atoms with E-state index < -0.39 is 0 Å². The van der Waals surface area contributed by atoms with Gasteiger partial charge in [-0.25, -0.2) is 4.79 Å². The molecular formula is C10H12O2S. The molecule has 0 fully saturated rings. The van der Waals surface area contributed by atoms with Crippen molar-refractivity contribution in [3.8, 4) is 0 Å². The number of esters is 1. The zero-order valence-corrected chi connectivity index (χ0v) is 8.60. The Morgan fingerprint density at radius 2 is 2.23 bits per heavy atom. The van der Waals surface area contributed by atoms with E-state index in [9.17, 15) is 4.79 Å². The number of ether oxygens (including phenoxy) is 1. The fraction of sp³-hybridized carbons (Fsp3) is 0.300. The number of hydrogen-bond acceptors (Lipinski definition) is 3. The van der Waals surface area contributed by atoms with Crippen molar-refractivity contribution in [3.05, 3.63) is 29.3 Å². The fourth-order valence-electron chi connectivity index (χ4n) is 1.08. The van der Waals surface area contributed by atoms with Gasteiger partial charge in [-0.05, 0) is 24.1 Å². The van der Waals surface area contributed by atoms with Gasteiger partial charge in [0.15, 0.2) is 0 Å². The molecule has 0 unspecified atom stereocenters. The monoisotopic (exact) mass is 196 g/mol. The van der Waals surface area contributed by atoms with Gasteiger partial charge in [-0.2, -0.15) is 0 Å². The normalized spacial score (nSPS) is 9.77. The minimum absolute atomic E-state index is 0.340. The Labute approximate surface area is 83.3 Å². The highest BCUT2D eigenvalue weighted by Crippen LogP contribution is 2.17. The van der Waals surface area contributed by atoms with Crippen LogP contribution < -0.4 is 0 Å². The van der Waals surface area contributed by atoms with Crippen LogP contribution in [0.3, 0.4) is 0 Å². The topological polar surface area (TPSA) is 26.3 Å². The van der Waals surface area contributed by atoms with Crippen LogP contribution in [0.5, 0.6) is 0 Å². The Bertz CT molecular complexity index is 321. The van der Waals surface area contributed by atoms with E-state index in [1.165, 1.54) is 7.11 Å². The maximum Gasteiger partial charge on any atom is 0.338 e. The number of carbonyl (C=O) groups is 1. The van der Waals surface area contributed by atoms with Crippen LogP contribution in [0.15, 0.2) is 23.1 Å². The predicted molar refractivity (Wildman–Crippen MR) is 54.4 cm³/mol. The Hall–Kier alpha value is -0.960. The van der Waals surface area contributed by atoms with Crippen LogP contribution in [0.1, 0.15) is 22.8 Å². The summed E-state index contributed by atoms with van der Waals surface area (Å²) in [5.74, 6) is -0.340. The molecule has 1 aromatic carbocycles. The lowest BCUT2D eigenvalue weighted by Gasteiger charge is -2.04. The molecule has 0 N–H and O–H groups in total. The minimum Gasteiger partial charge on any atom is -0.465 e. The van der Waals surface area contributed by atoms with Gasteiger partial charge in [0, 0.05) is 4.90 Å². The Morgan fingerprint density at radius 1 is 1.54 bits per heavy atom. The molecule has 0 saturated heterocycles. The van der Waals surface area contributed by atoms with Crippen molar-refractivity contribution in [1.29, 1.82) is 0 Å². The first kappa shape index (κ1) is 10.1. The van der Waals surface area contributed by atoms with E-state index in [0.29, 0.717) is 10.5 Å². The fourth-order valence-corrected chi connectivity index (χ4v) is 1.41. The maximum atomic E-state index is 11.2. The largest absolute Gasteiger partial charge is 0.465 e. The van der Waals surface area contributed by atoms with Gasteiger partial charge in [-0.3, -0.25) is 0 Å². The quantitative estimate of drug-likeness (QED) is 0.580. The van der Waals surface area contributed by atoms with Crippen molar-refractivity contribution in [1.82, 2.24) is 0 Å². The smallest absolute Gasteiger partial charge is 0.338 e. The average molecular weight is 196 g/mol.